The highest BCUT2D eigenvalue weighted by atomic mass is 19.4. The predicted octanol–water partition coefficient (Wildman–Crippen LogP) is 0.178. The normalized spacial score (nSPS) is 20.5. The van der Waals surface area contributed by atoms with Crippen molar-refractivity contribution in [1.82, 2.24) is 15.5 Å². The first-order valence-corrected chi connectivity index (χ1v) is 5.29. The van der Waals surface area contributed by atoms with Crippen LogP contribution in [0.4, 0.5) is 18.0 Å². The lowest BCUT2D eigenvalue weighted by molar-refractivity contribution is -0.147. The smallest absolute Gasteiger partial charge is 0.407 e. The molecule has 0 bridgehead atoms. The van der Waals surface area contributed by atoms with E-state index >= 15 is 0 Å². The number of amides is 1. The SMILES string of the molecule is CNCCN(CC1CNC(=O)O1)CC(F)(F)F. The summed E-state index contributed by atoms with van der Waals surface area (Å²) in [6, 6.07) is 0. The number of carbonyl (C=O) groups is 1. The first-order chi connectivity index (χ1) is 7.90. The van der Waals surface area contributed by atoms with Crippen LogP contribution in [-0.4, -0.2) is 63.0 Å². The molecule has 0 radical (unpaired) electrons. The summed E-state index contributed by atoms with van der Waals surface area (Å²) in [6.07, 6.45) is -5.33. The summed E-state index contributed by atoms with van der Waals surface area (Å²) in [7, 11) is 1.67. The first-order valence-electron chi connectivity index (χ1n) is 5.29. The van der Waals surface area contributed by atoms with Crippen LogP contribution in [0.15, 0.2) is 0 Å². The van der Waals surface area contributed by atoms with Crippen molar-refractivity contribution in [3.8, 4) is 0 Å². The second-order valence-electron chi connectivity index (χ2n) is 3.86. The van der Waals surface area contributed by atoms with Crippen molar-refractivity contribution in [2.75, 3.05) is 39.8 Å². The summed E-state index contributed by atoms with van der Waals surface area (Å²) in [5.74, 6) is 0. The summed E-state index contributed by atoms with van der Waals surface area (Å²) in [5.41, 5.74) is 0. The van der Waals surface area contributed by atoms with Crippen LogP contribution in [-0.2, 0) is 4.74 Å². The average molecular weight is 255 g/mol. The fourth-order valence-electron chi connectivity index (χ4n) is 1.58. The quantitative estimate of drug-likeness (QED) is 0.711. The number of cyclic esters (lactones) is 1. The molecule has 0 saturated carbocycles. The molecule has 2 N–H and O–H groups in total. The summed E-state index contributed by atoms with van der Waals surface area (Å²) in [4.78, 5) is 12.0. The van der Waals surface area contributed by atoms with Gasteiger partial charge < -0.3 is 15.4 Å². The van der Waals surface area contributed by atoms with E-state index in [1.54, 1.807) is 7.05 Å². The predicted molar refractivity (Wildman–Crippen MR) is 54.7 cm³/mol. The zero-order valence-electron chi connectivity index (χ0n) is 9.51. The van der Waals surface area contributed by atoms with Crippen molar-refractivity contribution in [1.29, 1.82) is 0 Å². The van der Waals surface area contributed by atoms with Gasteiger partial charge in [0.05, 0.1) is 13.1 Å². The molecular formula is C9H16F3N3O2. The molecule has 1 atom stereocenters. The van der Waals surface area contributed by atoms with E-state index in [2.05, 4.69) is 10.6 Å². The highest BCUT2D eigenvalue weighted by Gasteiger charge is 2.33. The molecule has 1 fully saturated rings. The number of hydrogen-bond donors (Lipinski definition) is 2. The van der Waals surface area contributed by atoms with Crippen LogP contribution < -0.4 is 10.6 Å². The van der Waals surface area contributed by atoms with Gasteiger partial charge in [0.1, 0.15) is 6.10 Å². The number of hydrogen-bond acceptors (Lipinski definition) is 4. The molecule has 0 aromatic rings. The molecule has 5 nitrogen and oxygen atoms in total. The van der Waals surface area contributed by atoms with Gasteiger partial charge in [0.2, 0.25) is 0 Å². The van der Waals surface area contributed by atoms with Crippen molar-refractivity contribution in [3.63, 3.8) is 0 Å². The fourth-order valence-corrected chi connectivity index (χ4v) is 1.58. The standard InChI is InChI=1S/C9H16F3N3O2/c1-13-2-3-15(6-9(10,11)12)5-7-4-14-8(16)17-7/h7,13H,2-6H2,1H3,(H,14,16). The van der Waals surface area contributed by atoms with E-state index in [1.165, 1.54) is 4.90 Å². The summed E-state index contributed by atoms with van der Waals surface area (Å²) >= 11 is 0. The van der Waals surface area contributed by atoms with Crippen LogP contribution in [0.3, 0.4) is 0 Å². The van der Waals surface area contributed by atoms with Gasteiger partial charge in [-0.25, -0.2) is 4.79 Å². The third-order valence-electron chi connectivity index (χ3n) is 2.29. The van der Waals surface area contributed by atoms with E-state index in [4.69, 9.17) is 4.74 Å². The lowest BCUT2D eigenvalue weighted by atomic mass is 10.3. The van der Waals surface area contributed by atoms with Gasteiger partial charge in [0, 0.05) is 19.6 Å². The Balaban J connectivity index is 2.42. The van der Waals surface area contributed by atoms with Gasteiger partial charge >= 0.3 is 12.3 Å². The minimum absolute atomic E-state index is 0.0833. The van der Waals surface area contributed by atoms with Gasteiger partial charge in [-0.05, 0) is 7.05 Å². The third-order valence-corrected chi connectivity index (χ3v) is 2.29. The Morgan fingerprint density at radius 3 is 2.76 bits per heavy atom. The number of rotatable bonds is 6. The average Bonchev–Trinajstić information content (AvgIpc) is 2.58. The monoisotopic (exact) mass is 255 g/mol. The molecule has 0 aliphatic carbocycles. The summed E-state index contributed by atoms with van der Waals surface area (Å²) < 4.78 is 41.7. The van der Waals surface area contributed by atoms with Crippen molar-refractivity contribution in [2.24, 2.45) is 0 Å². The summed E-state index contributed by atoms with van der Waals surface area (Å²) in [6.45, 7) is 0.0453. The molecule has 8 heteroatoms. The highest BCUT2D eigenvalue weighted by Crippen LogP contribution is 2.17. The van der Waals surface area contributed by atoms with E-state index in [-0.39, 0.29) is 19.6 Å². The Hall–Kier alpha value is -1.02. The van der Waals surface area contributed by atoms with E-state index in [0.717, 1.165) is 0 Å². The van der Waals surface area contributed by atoms with Gasteiger partial charge in [-0.3, -0.25) is 4.90 Å². The zero-order chi connectivity index (χ0) is 12.9. The Morgan fingerprint density at radius 1 is 1.59 bits per heavy atom. The van der Waals surface area contributed by atoms with Crippen molar-refractivity contribution in [2.45, 2.75) is 12.3 Å². The molecule has 1 saturated heterocycles. The van der Waals surface area contributed by atoms with Gasteiger partial charge in [-0.15, -0.1) is 0 Å². The van der Waals surface area contributed by atoms with Gasteiger partial charge in [0.15, 0.2) is 0 Å². The maximum atomic E-state index is 12.3. The number of carbonyl (C=O) groups excluding carboxylic acids is 1. The van der Waals surface area contributed by atoms with E-state index in [0.29, 0.717) is 6.54 Å². The molecule has 0 spiro atoms. The van der Waals surface area contributed by atoms with Crippen LogP contribution >= 0.6 is 0 Å². The van der Waals surface area contributed by atoms with Gasteiger partial charge in [-0.1, -0.05) is 0 Å². The summed E-state index contributed by atoms with van der Waals surface area (Å²) in [5, 5.41) is 5.19. The van der Waals surface area contributed by atoms with Crippen LogP contribution in [0.25, 0.3) is 0 Å². The number of nitrogens with zero attached hydrogens (tertiary/aromatic N) is 1. The van der Waals surface area contributed by atoms with E-state index in [9.17, 15) is 18.0 Å². The number of nitrogens with one attached hydrogen (secondary N) is 2. The number of ether oxygens (including phenoxy) is 1. The number of alkyl carbamates (subject to hydrolysis) is 1. The van der Waals surface area contributed by atoms with Crippen LogP contribution in [0.5, 0.6) is 0 Å². The first kappa shape index (κ1) is 14.0. The molecule has 1 amide bonds. The molecule has 1 heterocycles. The van der Waals surface area contributed by atoms with E-state index in [1.807, 2.05) is 0 Å². The largest absolute Gasteiger partial charge is 0.443 e. The Morgan fingerprint density at radius 2 is 2.29 bits per heavy atom. The molecule has 1 aliphatic rings. The maximum absolute atomic E-state index is 12.3. The van der Waals surface area contributed by atoms with Crippen LogP contribution in [0.1, 0.15) is 0 Å². The molecule has 1 unspecified atom stereocenters. The highest BCUT2D eigenvalue weighted by molar-refractivity contribution is 5.69. The topological polar surface area (TPSA) is 53.6 Å². The minimum atomic E-state index is -4.25. The Bertz CT molecular complexity index is 260. The molecule has 100 valence electrons. The Labute approximate surface area is 97.3 Å². The second kappa shape index (κ2) is 6.06. The van der Waals surface area contributed by atoms with Crippen LogP contribution in [0.2, 0.25) is 0 Å². The minimum Gasteiger partial charge on any atom is -0.443 e. The zero-order valence-corrected chi connectivity index (χ0v) is 9.51. The number of halogens is 3. The van der Waals surface area contributed by atoms with Crippen molar-refractivity contribution >= 4 is 6.09 Å². The molecule has 17 heavy (non-hydrogen) atoms. The fraction of sp³-hybridized carbons (Fsp3) is 0.889. The van der Waals surface area contributed by atoms with Crippen molar-refractivity contribution < 1.29 is 22.7 Å². The number of alkyl halides is 3. The lowest BCUT2D eigenvalue weighted by Gasteiger charge is -2.25. The molecule has 1 aliphatic heterocycles. The third kappa shape index (κ3) is 5.73. The van der Waals surface area contributed by atoms with Crippen LogP contribution in [0, 0.1) is 0 Å². The molecule has 0 aromatic carbocycles. The lowest BCUT2D eigenvalue weighted by Crippen LogP contribution is -2.43. The maximum Gasteiger partial charge on any atom is 0.407 e. The molecule has 1 rings (SSSR count). The van der Waals surface area contributed by atoms with Crippen molar-refractivity contribution in [3.05, 3.63) is 0 Å². The van der Waals surface area contributed by atoms with Gasteiger partial charge in [-0.2, -0.15) is 13.2 Å². The van der Waals surface area contributed by atoms with E-state index < -0.39 is 24.9 Å². The Kier molecular flexibility index (Phi) is 5.01. The second-order valence-corrected chi connectivity index (χ2v) is 3.86. The molecule has 0 aromatic heterocycles. The molecular weight excluding hydrogens is 239 g/mol. The van der Waals surface area contributed by atoms with Gasteiger partial charge in [0.25, 0.3) is 0 Å². The number of likely N-dealkylation sites (N-methyl/N-ethyl adjacent to an activating group) is 1.